The van der Waals surface area contributed by atoms with Gasteiger partial charge in [0.25, 0.3) is 0 Å². The van der Waals surface area contributed by atoms with Crippen LogP contribution in [0.1, 0.15) is 57.9 Å². The van der Waals surface area contributed by atoms with E-state index in [1.54, 1.807) is 24.3 Å². The van der Waals surface area contributed by atoms with Crippen molar-refractivity contribution in [1.82, 2.24) is 0 Å². The van der Waals surface area contributed by atoms with E-state index in [-0.39, 0.29) is 52.8 Å². The Kier molecular flexibility index (Phi) is 6.82. The molecule has 0 aliphatic heterocycles. The number of methoxy groups -OCH3 is 1. The van der Waals surface area contributed by atoms with Crippen LogP contribution in [0.5, 0.6) is 0 Å². The molecule has 1 fully saturated rings. The third-order valence-electron chi connectivity index (χ3n) is 5.79. The number of hydrogen-bond donors (Lipinski definition) is 0. The van der Waals surface area contributed by atoms with E-state index in [1.807, 2.05) is 12.1 Å². The van der Waals surface area contributed by atoms with Crippen molar-refractivity contribution >= 4 is 52.7 Å². The van der Waals surface area contributed by atoms with E-state index in [9.17, 15) is 9.59 Å². The van der Waals surface area contributed by atoms with Gasteiger partial charge in [0.2, 0.25) is 5.78 Å². The van der Waals surface area contributed by atoms with Gasteiger partial charge in [-0.1, -0.05) is 48.0 Å². The Bertz CT molecular complexity index is 925. The Morgan fingerprint density at radius 3 is 1.93 bits per heavy atom. The number of hydrogen-bond acceptors (Lipinski definition) is 3. The van der Waals surface area contributed by atoms with E-state index in [0.29, 0.717) is 22.6 Å². The summed E-state index contributed by atoms with van der Waals surface area (Å²) in [7, 11) is 1.48. The van der Waals surface area contributed by atoms with Crippen LogP contribution in [0, 0.1) is 5.92 Å². The summed E-state index contributed by atoms with van der Waals surface area (Å²) in [5.41, 5.74) is 2.79. The molecule has 0 bridgehead atoms. The summed E-state index contributed by atoms with van der Waals surface area (Å²) in [6.07, 6.45) is 3.71. The van der Waals surface area contributed by atoms with Gasteiger partial charge in [0, 0.05) is 51.3 Å². The van der Waals surface area contributed by atoms with Gasteiger partial charge in [-0.15, -0.1) is 0 Å². The maximum absolute atomic E-state index is 13.1. The van der Waals surface area contributed by atoms with Gasteiger partial charge in [-0.3, -0.25) is 9.59 Å². The molecule has 2 aliphatic carbocycles. The minimum absolute atomic E-state index is 0. The molecule has 0 amide bonds. The van der Waals surface area contributed by atoms with Crippen LogP contribution >= 0.6 is 11.6 Å². The van der Waals surface area contributed by atoms with Gasteiger partial charge < -0.3 is 4.74 Å². The van der Waals surface area contributed by atoms with E-state index in [0.717, 1.165) is 30.7 Å². The largest absolute Gasteiger partial charge is 0.492 e. The van der Waals surface area contributed by atoms with Crippen molar-refractivity contribution in [3.63, 3.8) is 0 Å². The van der Waals surface area contributed by atoms with Crippen LogP contribution in [0.2, 0.25) is 5.02 Å². The van der Waals surface area contributed by atoms with E-state index in [1.165, 1.54) is 12.7 Å². The second-order valence-electron chi connectivity index (χ2n) is 7.25. The zero-order chi connectivity index (χ0) is 19.0. The minimum Gasteiger partial charge on any atom is -0.492 e. The van der Waals surface area contributed by atoms with Crippen LogP contribution in [0.25, 0.3) is 0 Å². The molecule has 0 unspecified atom stereocenters. The summed E-state index contributed by atoms with van der Waals surface area (Å²) in [6, 6.07) is 15.0. The van der Waals surface area contributed by atoms with Gasteiger partial charge in [0.15, 0.2) is 11.5 Å². The van der Waals surface area contributed by atoms with Crippen molar-refractivity contribution in [2.24, 2.45) is 5.92 Å². The fourth-order valence-corrected chi connectivity index (χ4v) is 4.52. The van der Waals surface area contributed by atoms with Crippen molar-refractivity contribution in [1.29, 1.82) is 0 Å². The zero-order valence-electron chi connectivity index (χ0n) is 16.2. The molecule has 28 heavy (non-hydrogen) atoms. The summed E-state index contributed by atoms with van der Waals surface area (Å²) in [5.74, 6) is 0.522. The number of fused-ring (bicyclic) bond motifs is 1. The SMILES string of the molecule is COC1=C(C2CCC(c3ccc(Cl)cc3)CC2)C(=O)c2ccccc2C1=O.[Na]. The fourth-order valence-electron chi connectivity index (χ4n) is 4.40. The van der Waals surface area contributed by atoms with Crippen molar-refractivity contribution in [2.45, 2.75) is 31.6 Å². The maximum Gasteiger partial charge on any atom is 0.228 e. The number of carbonyl (C=O) groups excluding carboxylic acids is 2. The van der Waals surface area contributed by atoms with Crippen LogP contribution < -0.4 is 0 Å². The first-order valence-electron chi connectivity index (χ1n) is 9.32. The van der Waals surface area contributed by atoms with E-state index in [4.69, 9.17) is 16.3 Å². The second-order valence-corrected chi connectivity index (χ2v) is 7.69. The average molecular weight is 404 g/mol. The van der Waals surface area contributed by atoms with Crippen molar-refractivity contribution < 1.29 is 14.3 Å². The van der Waals surface area contributed by atoms with Crippen molar-refractivity contribution in [3.8, 4) is 0 Å². The first-order valence-corrected chi connectivity index (χ1v) is 9.70. The Hall–Kier alpha value is -1.39. The molecule has 5 heteroatoms. The summed E-state index contributed by atoms with van der Waals surface area (Å²) < 4.78 is 5.42. The predicted octanol–water partition coefficient (Wildman–Crippen LogP) is 5.21. The molecule has 0 N–H and O–H groups in total. The quantitative estimate of drug-likeness (QED) is 0.660. The maximum atomic E-state index is 13.1. The Labute approximate surface area is 192 Å². The van der Waals surface area contributed by atoms with Gasteiger partial charge in [0.05, 0.1) is 7.11 Å². The number of carbonyl (C=O) groups is 2. The average Bonchev–Trinajstić information content (AvgIpc) is 2.71. The number of halogens is 1. The third-order valence-corrected chi connectivity index (χ3v) is 6.04. The number of benzene rings is 2. The molecule has 4 rings (SSSR count). The van der Waals surface area contributed by atoms with Crippen LogP contribution in [0.4, 0.5) is 0 Å². The summed E-state index contributed by atoms with van der Waals surface area (Å²) >= 11 is 5.99. The summed E-state index contributed by atoms with van der Waals surface area (Å²) in [5, 5.41) is 0.743. The predicted molar refractivity (Wildman–Crippen MR) is 111 cm³/mol. The molecular formula is C23H21ClNaO3. The van der Waals surface area contributed by atoms with Gasteiger partial charge in [-0.2, -0.15) is 0 Å². The normalized spacial score (nSPS) is 21.8. The molecule has 1 saturated carbocycles. The van der Waals surface area contributed by atoms with Crippen LogP contribution in [0.3, 0.4) is 0 Å². The number of rotatable bonds is 3. The first-order chi connectivity index (χ1) is 13.1. The minimum atomic E-state index is -0.178. The Morgan fingerprint density at radius 2 is 1.36 bits per heavy atom. The summed E-state index contributed by atoms with van der Waals surface area (Å²) in [4.78, 5) is 25.9. The van der Waals surface area contributed by atoms with E-state index < -0.39 is 0 Å². The molecular weight excluding hydrogens is 383 g/mol. The molecule has 2 aromatic rings. The van der Waals surface area contributed by atoms with Crippen LogP contribution in [-0.4, -0.2) is 48.2 Å². The summed E-state index contributed by atoms with van der Waals surface area (Å²) in [6.45, 7) is 0. The number of ketones is 2. The van der Waals surface area contributed by atoms with Gasteiger partial charge >= 0.3 is 0 Å². The molecule has 0 aromatic heterocycles. The molecule has 0 saturated heterocycles. The molecule has 1 radical (unpaired) electrons. The molecule has 2 aromatic carbocycles. The number of Topliss-reactive ketones (excluding diaryl/α,β-unsaturated/α-hetero) is 2. The van der Waals surface area contributed by atoms with Gasteiger partial charge in [-0.25, -0.2) is 0 Å². The van der Waals surface area contributed by atoms with Crippen molar-refractivity contribution in [3.05, 3.63) is 81.6 Å². The smallest absolute Gasteiger partial charge is 0.228 e. The standard InChI is InChI=1S/C23H21ClO3.Na/c1-27-23-20(21(25)18-4-2-3-5-19(18)22(23)26)16-8-6-14(7-9-16)15-10-12-17(24)13-11-15;/h2-5,10-14,16H,6-9H2,1H3;. The van der Waals surface area contributed by atoms with Crippen LogP contribution in [0.15, 0.2) is 59.9 Å². The first kappa shape index (κ1) is 21.3. The Morgan fingerprint density at radius 1 is 0.821 bits per heavy atom. The van der Waals surface area contributed by atoms with E-state index in [2.05, 4.69) is 12.1 Å². The van der Waals surface area contributed by atoms with Gasteiger partial charge in [-0.05, 0) is 55.2 Å². The molecule has 2 aliphatic rings. The fraction of sp³-hybridized carbons (Fsp3) is 0.304. The Balaban J connectivity index is 0.00000225. The number of ether oxygens (including phenoxy) is 1. The second kappa shape index (κ2) is 8.96. The molecule has 0 spiro atoms. The number of allylic oxidation sites excluding steroid dienone is 2. The molecule has 3 nitrogen and oxygen atoms in total. The van der Waals surface area contributed by atoms with E-state index >= 15 is 0 Å². The van der Waals surface area contributed by atoms with Crippen molar-refractivity contribution in [2.75, 3.05) is 7.11 Å². The van der Waals surface area contributed by atoms with Crippen LogP contribution in [-0.2, 0) is 4.74 Å². The molecule has 0 atom stereocenters. The zero-order valence-corrected chi connectivity index (χ0v) is 19.0. The molecule has 139 valence electrons. The monoisotopic (exact) mass is 403 g/mol. The molecule has 0 heterocycles. The van der Waals surface area contributed by atoms with Gasteiger partial charge in [0.1, 0.15) is 0 Å². The topological polar surface area (TPSA) is 43.4 Å². The third kappa shape index (κ3) is 3.86.